The average Bonchev–Trinajstić information content (AvgIpc) is 2.68. The van der Waals surface area contributed by atoms with E-state index >= 15 is 0 Å². The number of hydrogen-bond acceptors (Lipinski definition) is 2. The Balaban J connectivity index is 1.43. The van der Waals surface area contributed by atoms with Crippen LogP contribution in [-0.4, -0.2) is 35.8 Å². The number of piperidine rings is 1. The molecule has 5 heteroatoms. The minimum atomic E-state index is -0.0373. The number of halogens is 1. The Morgan fingerprint density at radius 2 is 1.74 bits per heavy atom. The van der Waals surface area contributed by atoms with Gasteiger partial charge in [-0.2, -0.15) is 0 Å². The van der Waals surface area contributed by atoms with Crippen LogP contribution in [0.3, 0.4) is 0 Å². The fraction of sp³-hybridized carbons (Fsp3) is 0.364. The van der Waals surface area contributed by atoms with Gasteiger partial charge in [-0.15, -0.1) is 0 Å². The highest BCUT2D eigenvalue weighted by molar-refractivity contribution is 6.33. The van der Waals surface area contributed by atoms with E-state index in [1.807, 2.05) is 17.0 Å². The molecule has 0 spiro atoms. The zero-order valence-corrected chi connectivity index (χ0v) is 16.3. The van der Waals surface area contributed by atoms with Crippen LogP contribution in [0.1, 0.15) is 40.7 Å². The number of aryl methyl sites for hydroxylation is 2. The summed E-state index contributed by atoms with van der Waals surface area (Å²) < 4.78 is 0. The number of nitrogens with zero attached hydrogens (tertiary/aromatic N) is 1. The number of carbonyl (C=O) groups excluding carboxylic acids is 2. The Morgan fingerprint density at radius 1 is 1.07 bits per heavy atom. The van der Waals surface area contributed by atoms with Gasteiger partial charge in [0.15, 0.2) is 0 Å². The number of amides is 2. The lowest BCUT2D eigenvalue weighted by Gasteiger charge is -2.32. The normalized spacial score (nSPS) is 14.8. The van der Waals surface area contributed by atoms with Crippen LogP contribution in [-0.2, 0) is 11.2 Å². The van der Waals surface area contributed by atoms with Gasteiger partial charge >= 0.3 is 0 Å². The maximum absolute atomic E-state index is 12.6. The predicted molar refractivity (Wildman–Crippen MR) is 108 cm³/mol. The maximum atomic E-state index is 12.6. The summed E-state index contributed by atoms with van der Waals surface area (Å²) in [5.74, 6) is 0.0382. The molecule has 1 aliphatic rings. The van der Waals surface area contributed by atoms with Crippen LogP contribution in [0.5, 0.6) is 0 Å². The van der Waals surface area contributed by atoms with Gasteiger partial charge in [0.05, 0.1) is 10.6 Å². The van der Waals surface area contributed by atoms with Crippen molar-refractivity contribution in [1.82, 2.24) is 10.2 Å². The monoisotopic (exact) mass is 384 g/mol. The van der Waals surface area contributed by atoms with Crippen LogP contribution in [0.15, 0.2) is 48.5 Å². The summed E-state index contributed by atoms with van der Waals surface area (Å²) in [5.41, 5.74) is 2.94. The molecular formula is C22H25ClN2O2. The van der Waals surface area contributed by atoms with Crippen molar-refractivity contribution in [3.8, 4) is 0 Å². The van der Waals surface area contributed by atoms with E-state index in [-0.39, 0.29) is 17.9 Å². The molecule has 1 saturated heterocycles. The van der Waals surface area contributed by atoms with Crippen LogP contribution < -0.4 is 5.32 Å². The third-order valence-corrected chi connectivity index (χ3v) is 5.34. The van der Waals surface area contributed by atoms with Crippen LogP contribution in [0.4, 0.5) is 0 Å². The van der Waals surface area contributed by atoms with Crippen molar-refractivity contribution in [1.29, 1.82) is 0 Å². The molecule has 27 heavy (non-hydrogen) atoms. The summed E-state index contributed by atoms with van der Waals surface area (Å²) in [5, 5.41) is 3.59. The van der Waals surface area contributed by atoms with Gasteiger partial charge in [-0.25, -0.2) is 0 Å². The van der Waals surface area contributed by atoms with E-state index in [1.54, 1.807) is 12.1 Å². The first kappa shape index (κ1) is 19.4. The molecule has 0 radical (unpaired) electrons. The molecule has 2 aromatic rings. The van der Waals surface area contributed by atoms with Crippen molar-refractivity contribution < 1.29 is 9.59 Å². The van der Waals surface area contributed by atoms with Crippen molar-refractivity contribution in [3.63, 3.8) is 0 Å². The fourth-order valence-corrected chi connectivity index (χ4v) is 3.56. The predicted octanol–water partition coefficient (Wildman–Crippen LogP) is 4.00. The molecular weight excluding hydrogens is 360 g/mol. The van der Waals surface area contributed by atoms with Crippen LogP contribution >= 0.6 is 11.6 Å². The van der Waals surface area contributed by atoms with Crippen molar-refractivity contribution in [2.75, 3.05) is 13.1 Å². The molecule has 2 aromatic carbocycles. The average molecular weight is 385 g/mol. The topological polar surface area (TPSA) is 49.4 Å². The summed E-state index contributed by atoms with van der Waals surface area (Å²) >= 11 is 6.13. The lowest BCUT2D eigenvalue weighted by molar-refractivity contribution is -0.122. The van der Waals surface area contributed by atoms with Crippen molar-refractivity contribution >= 4 is 23.4 Å². The first-order valence-electron chi connectivity index (χ1n) is 9.41. The molecule has 0 unspecified atom stereocenters. The van der Waals surface area contributed by atoms with E-state index in [4.69, 9.17) is 11.6 Å². The molecule has 1 fully saturated rings. The summed E-state index contributed by atoms with van der Waals surface area (Å²) in [6.45, 7) is 3.32. The first-order chi connectivity index (χ1) is 13.0. The summed E-state index contributed by atoms with van der Waals surface area (Å²) in [7, 11) is 0. The number of rotatable bonds is 5. The smallest absolute Gasteiger partial charge is 0.255 e. The van der Waals surface area contributed by atoms with Gasteiger partial charge < -0.3 is 10.2 Å². The van der Waals surface area contributed by atoms with Gasteiger partial charge in [0, 0.05) is 25.6 Å². The second kappa shape index (κ2) is 9.05. The second-order valence-electron chi connectivity index (χ2n) is 7.10. The quantitative estimate of drug-likeness (QED) is 0.846. The van der Waals surface area contributed by atoms with Gasteiger partial charge in [-0.3, -0.25) is 9.59 Å². The van der Waals surface area contributed by atoms with Crippen molar-refractivity contribution in [2.45, 2.75) is 38.6 Å². The third-order valence-electron chi connectivity index (χ3n) is 5.01. The zero-order chi connectivity index (χ0) is 19.2. The third kappa shape index (κ3) is 5.33. The fourth-order valence-electron chi connectivity index (χ4n) is 3.34. The number of carbonyl (C=O) groups is 2. The first-order valence-corrected chi connectivity index (χ1v) is 9.79. The van der Waals surface area contributed by atoms with Gasteiger partial charge in [0.2, 0.25) is 5.91 Å². The van der Waals surface area contributed by atoms with E-state index in [0.717, 1.165) is 19.3 Å². The molecule has 4 nitrogen and oxygen atoms in total. The number of hydrogen-bond donors (Lipinski definition) is 1. The highest BCUT2D eigenvalue weighted by Crippen LogP contribution is 2.20. The highest BCUT2D eigenvalue weighted by atomic mass is 35.5. The van der Waals surface area contributed by atoms with Crippen LogP contribution in [0.2, 0.25) is 5.02 Å². The largest absolute Gasteiger partial charge is 0.353 e. The van der Waals surface area contributed by atoms with E-state index in [9.17, 15) is 9.59 Å². The molecule has 0 atom stereocenters. The van der Waals surface area contributed by atoms with E-state index < -0.39 is 0 Å². The summed E-state index contributed by atoms with van der Waals surface area (Å²) in [6, 6.07) is 15.5. The SMILES string of the molecule is Cc1ccc(CCC(=O)NC2CCN(C(=O)c3ccccc3Cl)CC2)cc1. The Kier molecular flexibility index (Phi) is 6.51. The van der Waals surface area contributed by atoms with Crippen molar-refractivity contribution in [3.05, 3.63) is 70.2 Å². The van der Waals surface area contributed by atoms with E-state index in [2.05, 4.69) is 36.5 Å². The molecule has 0 bridgehead atoms. The van der Waals surface area contributed by atoms with Crippen LogP contribution in [0, 0.1) is 6.92 Å². The highest BCUT2D eigenvalue weighted by Gasteiger charge is 2.25. The molecule has 142 valence electrons. The minimum absolute atomic E-state index is 0.0373. The molecule has 1 heterocycles. The molecule has 1 N–H and O–H groups in total. The van der Waals surface area contributed by atoms with Crippen LogP contribution in [0.25, 0.3) is 0 Å². The molecule has 0 aromatic heterocycles. The zero-order valence-electron chi connectivity index (χ0n) is 15.6. The molecule has 1 aliphatic heterocycles. The molecule has 0 aliphatic carbocycles. The Labute approximate surface area is 165 Å². The second-order valence-corrected chi connectivity index (χ2v) is 7.51. The number of benzene rings is 2. The van der Waals surface area contributed by atoms with E-state index in [0.29, 0.717) is 30.1 Å². The Morgan fingerprint density at radius 3 is 2.41 bits per heavy atom. The number of likely N-dealkylation sites (tertiary alicyclic amines) is 1. The summed E-state index contributed by atoms with van der Waals surface area (Å²) in [4.78, 5) is 26.6. The lowest BCUT2D eigenvalue weighted by Crippen LogP contribution is -2.46. The Hall–Kier alpha value is -2.33. The standard InChI is InChI=1S/C22H25ClN2O2/c1-16-6-8-17(9-7-16)10-11-21(26)24-18-12-14-25(15-13-18)22(27)19-4-2-3-5-20(19)23/h2-9,18H,10-15H2,1H3,(H,24,26). The Bertz CT molecular complexity index is 796. The van der Waals surface area contributed by atoms with Gasteiger partial charge in [-0.1, -0.05) is 53.6 Å². The van der Waals surface area contributed by atoms with Gasteiger partial charge in [-0.05, 0) is 43.9 Å². The van der Waals surface area contributed by atoms with Gasteiger partial charge in [0.1, 0.15) is 0 Å². The molecule has 2 amide bonds. The lowest BCUT2D eigenvalue weighted by atomic mass is 10.0. The molecule has 3 rings (SSSR count). The molecule has 0 saturated carbocycles. The summed E-state index contributed by atoms with van der Waals surface area (Å²) in [6.07, 6.45) is 2.77. The number of nitrogens with one attached hydrogen (secondary N) is 1. The van der Waals surface area contributed by atoms with Gasteiger partial charge in [0.25, 0.3) is 5.91 Å². The van der Waals surface area contributed by atoms with E-state index in [1.165, 1.54) is 11.1 Å². The van der Waals surface area contributed by atoms with Crippen molar-refractivity contribution in [2.24, 2.45) is 0 Å². The minimum Gasteiger partial charge on any atom is -0.353 e. The maximum Gasteiger partial charge on any atom is 0.255 e.